The zero-order valence-corrected chi connectivity index (χ0v) is 12.6. The van der Waals surface area contributed by atoms with Crippen molar-refractivity contribution in [1.29, 1.82) is 0 Å². The number of hydrogen-bond acceptors (Lipinski definition) is 5. The van der Waals surface area contributed by atoms with E-state index in [0.29, 0.717) is 24.4 Å². The van der Waals surface area contributed by atoms with Crippen molar-refractivity contribution >= 4 is 11.8 Å². The number of nitrogens with zero attached hydrogens (tertiary/aromatic N) is 1. The molecule has 0 radical (unpaired) electrons. The lowest BCUT2D eigenvalue weighted by molar-refractivity contribution is 0.0526. The van der Waals surface area contributed by atoms with Gasteiger partial charge in [-0.1, -0.05) is 20.8 Å². The van der Waals surface area contributed by atoms with Crippen LogP contribution in [0.25, 0.3) is 0 Å². The lowest BCUT2D eigenvalue weighted by Crippen LogP contribution is -2.35. The molecule has 0 bridgehead atoms. The highest BCUT2D eigenvalue weighted by molar-refractivity contribution is 5.89. The predicted octanol–water partition coefficient (Wildman–Crippen LogP) is 2.47. The van der Waals surface area contributed by atoms with Crippen LogP contribution in [0, 0.1) is 5.41 Å². The Kier molecular flexibility index (Phi) is 5.95. The summed E-state index contributed by atoms with van der Waals surface area (Å²) in [4.78, 5) is 15.7. The lowest BCUT2D eigenvalue weighted by atomic mass is 9.85. The van der Waals surface area contributed by atoms with Crippen molar-refractivity contribution < 1.29 is 14.6 Å². The molecular weight excluding hydrogens is 256 g/mol. The SMILES string of the molecule is CCOC(=O)c1ccc(NC(CCO)C(C)(C)C)nc1. The molecule has 0 aromatic carbocycles. The Morgan fingerprint density at radius 3 is 2.60 bits per heavy atom. The van der Waals surface area contributed by atoms with Crippen LogP contribution in [-0.4, -0.2) is 35.3 Å². The maximum atomic E-state index is 11.5. The molecule has 20 heavy (non-hydrogen) atoms. The summed E-state index contributed by atoms with van der Waals surface area (Å²) in [6.07, 6.45) is 2.14. The number of rotatable bonds is 6. The standard InChI is InChI=1S/C15H24N2O3/c1-5-20-14(19)11-6-7-13(16-10-11)17-12(8-9-18)15(2,3)4/h6-7,10,12,18H,5,8-9H2,1-4H3,(H,16,17). The van der Waals surface area contributed by atoms with Gasteiger partial charge in [-0.2, -0.15) is 0 Å². The van der Waals surface area contributed by atoms with Crippen LogP contribution in [0.4, 0.5) is 5.82 Å². The molecule has 1 rings (SSSR count). The van der Waals surface area contributed by atoms with Crippen LogP contribution in [0.2, 0.25) is 0 Å². The molecule has 5 nitrogen and oxygen atoms in total. The number of esters is 1. The zero-order chi connectivity index (χ0) is 15.2. The number of carbonyl (C=O) groups excluding carboxylic acids is 1. The van der Waals surface area contributed by atoms with Crippen molar-refractivity contribution in [3.05, 3.63) is 23.9 Å². The smallest absolute Gasteiger partial charge is 0.339 e. The monoisotopic (exact) mass is 280 g/mol. The van der Waals surface area contributed by atoms with Crippen molar-refractivity contribution in [3.8, 4) is 0 Å². The highest BCUT2D eigenvalue weighted by Gasteiger charge is 2.24. The van der Waals surface area contributed by atoms with Crippen LogP contribution in [0.3, 0.4) is 0 Å². The minimum Gasteiger partial charge on any atom is -0.462 e. The number of pyridine rings is 1. The first-order valence-corrected chi connectivity index (χ1v) is 6.89. The average Bonchev–Trinajstić information content (AvgIpc) is 2.38. The highest BCUT2D eigenvalue weighted by atomic mass is 16.5. The summed E-state index contributed by atoms with van der Waals surface area (Å²) in [5.74, 6) is 0.320. The quantitative estimate of drug-likeness (QED) is 0.783. The molecule has 0 aliphatic carbocycles. The van der Waals surface area contributed by atoms with Gasteiger partial charge >= 0.3 is 5.97 Å². The van der Waals surface area contributed by atoms with Crippen LogP contribution in [0.5, 0.6) is 0 Å². The predicted molar refractivity (Wildman–Crippen MR) is 78.8 cm³/mol. The minimum absolute atomic E-state index is 0.00419. The summed E-state index contributed by atoms with van der Waals surface area (Å²) in [5, 5.41) is 12.4. The molecule has 0 aliphatic rings. The number of aromatic nitrogens is 1. The summed E-state index contributed by atoms with van der Waals surface area (Å²) >= 11 is 0. The van der Waals surface area contributed by atoms with Gasteiger partial charge in [-0.05, 0) is 30.9 Å². The van der Waals surface area contributed by atoms with Gasteiger partial charge in [0.2, 0.25) is 0 Å². The second-order valence-corrected chi connectivity index (χ2v) is 5.73. The molecule has 0 saturated heterocycles. The molecule has 0 fully saturated rings. The van der Waals surface area contributed by atoms with E-state index < -0.39 is 0 Å². The van der Waals surface area contributed by atoms with Crippen molar-refractivity contribution in [1.82, 2.24) is 4.98 Å². The molecule has 2 N–H and O–H groups in total. The zero-order valence-electron chi connectivity index (χ0n) is 12.6. The third-order valence-corrected chi connectivity index (χ3v) is 3.06. The Bertz CT molecular complexity index is 424. The first-order chi connectivity index (χ1) is 9.38. The van der Waals surface area contributed by atoms with Gasteiger partial charge in [-0.25, -0.2) is 9.78 Å². The van der Waals surface area contributed by atoms with Gasteiger partial charge in [0.1, 0.15) is 5.82 Å². The van der Waals surface area contributed by atoms with Crippen molar-refractivity contribution in [2.75, 3.05) is 18.5 Å². The van der Waals surface area contributed by atoms with Gasteiger partial charge in [-0.3, -0.25) is 0 Å². The largest absolute Gasteiger partial charge is 0.462 e. The number of ether oxygens (including phenoxy) is 1. The molecule has 112 valence electrons. The van der Waals surface area contributed by atoms with E-state index in [1.165, 1.54) is 6.20 Å². The first-order valence-electron chi connectivity index (χ1n) is 6.89. The summed E-state index contributed by atoms with van der Waals surface area (Å²) in [7, 11) is 0. The molecule has 0 amide bonds. The minimum atomic E-state index is -0.366. The number of hydrogen-bond donors (Lipinski definition) is 2. The number of anilines is 1. The normalized spacial score (nSPS) is 12.8. The fourth-order valence-electron chi connectivity index (χ4n) is 1.84. The van der Waals surface area contributed by atoms with Crippen molar-refractivity contribution in [2.24, 2.45) is 5.41 Å². The van der Waals surface area contributed by atoms with E-state index in [1.54, 1.807) is 19.1 Å². The summed E-state index contributed by atoms with van der Waals surface area (Å²) < 4.78 is 4.91. The molecule has 0 saturated carbocycles. The fraction of sp³-hybridized carbons (Fsp3) is 0.600. The van der Waals surface area contributed by atoms with Crippen molar-refractivity contribution in [2.45, 2.75) is 40.2 Å². The van der Waals surface area contributed by atoms with E-state index in [1.807, 2.05) is 0 Å². The van der Waals surface area contributed by atoms with E-state index in [-0.39, 0.29) is 24.0 Å². The van der Waals surface area contributed by atoms with Gasteiger partial charge in [0.25, 0.3) is 0 Å². The number of aliphatic hydroxyl groups is 1. The Balaban J connectivity index is 2.75. The Morgan fingerprint density at radius 2 is 2.15 bits per heavy atom. The third-order valence-electron chi connectivity index (χ3n) is 3.06. The van der Waals surface area contributed by atoms with Crippen LogP contribution in [-0.2, 0) is 4.74 Å². The maximum Gasteiger partial charge on any atom is 0.339 e. The molecule has 1 atom stereocenters. The van der Waals surface area contributed by atoms with E-state index in [4.69, 9.17) is 9.84 Å². The molecule has 1 aromatic heterocycles. The summed E-state index contributed by atoms with van der Waals surface area (Å²) in [6.45, 7) is 8.55. The van der Waals surface area contributed by atoms with Crippen LogP contribution >= 0.6 is 0 Å². The topological polar surface area (TPSA) is 71.5 Å². The molecule has 1 unspecified atom stereocenters. The molecule has 1 heterocycles. The number of aliphatic hydroxyl groups excluding tert-OH is 1. The number of nitrogens with one attached hydrogen (secondary N) is 1. The Morgan fingerprint density at radius 1 is 1.45 bits per heavy atom. The average molecular weight is 280 g/mol. The maximum absolute atomic E-state index is 11.5. The molecule has 1 aromatic rings. The first kappa shape index (κ1) is 16.4. The van der Waals surface area contributed by atoms with Gasteiger partial charge < -0.3 is 15.2 Å². The molecule has 5 heteroatoms. The highest BCUT2D eigenvalue weighted by Crippen LogP contribution is 2.24. The fourth-order valence-corrected chi connectivity index (χ4v) is 1.84. The Hall–Kier alpha value is -1.62. The second-order valence-electron chi connectivity index (χ2n) is 5.73. The van der Waals surface area contributed by atoms with E-state index in [2.05, 4.69) is 31.1 Å². The van der Waals surface area contributed by atoms with E-state index in [9.17, 15) is 4.79 Å². The van der Waals surface area contributed by atoms with Gasteiger partial charge in [-0.15, -0.1) is 0 Å². The van der Waals surface area contributed by atoms with Crippen LogP contribution in [0.1, 0.15) is 44.5 Å². The second kappa shape index (κ2) is 7.24. The van der Waals surface area contributed by atoms with E-state index in [0.717, 1.165) is 0 Å². The molecule has 0 spiro atoms. The van der Waals surface area contributed by atoms with Gasteiger partial charge in [0.15, 0.2) is 0 Å². The Labute approximate surface area is 120 Å². The lowest BCUT2D eigenvalue weighted by Gasteiger charge is -2.31. The summed E-state index contributed by atoms with van der Waals surface area (Å²) in [5.41, 5.74) is 0.441. The molecule has 0 aliphatic heterocycles. The van der Waals surface area contributed by atoms with Crippen LogP contribution in [0.15, 0.2) is 18.3 Å². The van der Waals surface area contributed by atoms with Gasteiger partial charge in [0.05, 0.1) is 12.2 Å². The molecular formula is C15H24N2O3. The summed E-state index contributed by atoms with van der Waals surface area (Å²) in [6, 6.07) is 3.54. The number of carbonyl (C=O) groups is 1. The van der Waals surface area contributed by atoms with E-state index >= 15 is 0 Å². The van der Waals surface area contributed by atoms with Crippen LogP contribution < -0.4 is 5.32 Å². The third kappa shape index (κ3) is 4.81. The van der Waals surface area contributed by atoms with Gasteiger partial charge in [0, 0.05) is 18.8 Å². The van der Waals surface area contributed by atoms with Crippen molar-refractivity contribution in [3.63, 3.8) is 0 Å².